The summed E-state index contributed by atoms with van der Waals surface area (Å²) in [5, 5.41) is 6.45. The lowest BCUT2D eigenvalue weighted by atomic mass is 10.1. The van der Waals surface area contributed by atoms with E-state index in [0.717, 1.165) is 5.56 Å². The zero-order chi connectivity index (χ0) is 15.2. The van der Waals surface area contributed by atoms with Crippen LogP contribution < -0.4 is 15.4 Å². The van der Waals surface area contributed by atoms with E-state index < -0.39 is 0 Å². The molecule has 0 fully saturated rings. The summed E-state index contributed by atoms with van der Waals surface area (Å²) in [4.78, 5) is 7.95. The summed E-state index contributed by atoms with van der Waals surface area (Å²) in [7, 11) is 1.53. The van der Waals surface area contributed by atoms with Crippen LogP contribution in [-0.4, -0.2) is 22.2 Å². The van der Waals surface area contributed by atoms with Gasteiger partial charge in [0.15, 0.2) is 5.11 Å². The van der Waals surface area contributed by atoms with Gasteiger partial charge in [-0.05, 0) is 36.8 Å². The monoisotopic (exact) mass is 306 g/mol. The summed E-state index contributed by atoms with van der Waals surface area (Å²) in [6.07, 6.45) is 1.38. The van der Waals surface area contributed by atoms with Gasteiger partial charge >= 0.3 is 0 Å². The highest BCUT2D eigenvalue weighted by Crippen LogP contribution is 2.14. The minimum atomic E-state index is -0.264. The second-order valence-electron chi connectivity index (χ2n) is 4.32. The molecule has 7 heteroatoms. The first-order valence-corrected chi connectivity index (χ1v) is 6.68. The lowest BCUT2D eigenvalue weighted by Gasteiger charge is -2.17. The number of hydrogen-bond donors (Lipinski definition) is 2. The lowest BCUT2D eigenvalue weighted by molar-refractivity contribution is 0.397. The first-order valence-electron chi connectivity index (χ1n) is 6.27. The summed E-state index contributed by atoms with van der Waals surface area (Å²) in [6.45, 7) is 1.93. The van der Waals surface area contributed by atoms with Crippen LogP contribution in [0.4, 0.5) is 10.2 Å². The molecule has 0 saturated heterocycles. The predicted octanol–water partition coefficient (Wildman–Crippen LogP) is 2.67. The summed E-state index contributed by atoms with van der Waals surface area (Å²) in [6, 6.07) is 7.83. The molecule has 1 aromatic heterocycles. The molecule has 21 heavy (non-hydrogen) atoms. The molecular weight excluding hydrogens is 291 g/mol. The Balaban J connectivity index is 1.96. The van der Waals surface area contributed by atoms with Crippen LogP contribution >= 0.6 is 12.2 Å². The third kappa shape index (κ3) is 4.35. The molecule has 0 bridgehead atoms. The molecule has 1 heterocycles. The van der Waals surface area contributed by atoms with Crippen molar-refractivity contribution in [3.8, 4) is 5.88 Å². The molecule has 0 aliphatic rings. The third-order valence-electron chi connectivity index (χ3n) is 2.81. The largest absolute Gasteiger partial charge is 0.481 e. The number of methoxy groups -OCH3 is 1. The Hall–Kier alpha value is -2.28. The minimum absolute atomic E-state index is 0.0608. The van der Waals surface area contributed by atoms with Gasteiger partial charge in [0, 0.05) is 6.07 Å². The maximum absolute atomic E-state index is 12.9. The maximum Gasteiger partial charge on any atom is 0.218 e. The average Bonchev–Trinajstić information content (AvgIpc) is 2.47. The molecular formula is C14H15FN4OS. The van der Waals surface area contributed by atoms with Gasteiger partial charge in [-0.3, -0.25) is 0 Å². The Morgan fingerprint density at radius 3 is 2.67 bits per heavy atom. The summed E-state index contributed by atoms with van der Waals surface area (Å²) < 4.78 is 17.9. The predicted molar refractivity (Wildman–Crippen MR) is 82.8 cm³/mol. The maximum atomic E-state index is 12.9. The van der Waals surface area contributed by atoms with E-state index >= 15 is 0 Å². The molecule has 2 rings (SSSR count). The highest BCUT2D eigenvalue weighted by atomic mass is 32.1. The molecule has 0 spiro atoms. The average molecular weight is 306 g/mol. The van der Waals surface area contributed by atoms with Crippen LogP contribution in [0.15, 0.2) is 36.7 Å². The minimum Gasteiger partial charge on any atom is -0.481 e. The zero-order valence-corrected chi connectivity index (χ0v) is 12.4. The van der Waals surface area contributed by atoms with Crippen molar-refractivity contribution in [1.29, 1.82) is 0 Å². The Morgan fingerprint density at radius 1 is 1.29 bits per heavy atom. The molecule has 1 atom stereocenters. The number of nitrogens with zero attached hydrogens (tertiary/aromatic N) is 2. The summed E-state index contributed by atoms with van der Waals surface area (Å²) in [5.41, 5.74) is 0.931. The third-order valence-corrected chi connectivity index (χ3v) is 3.03. The van der Waals surface area contributed by atoms with Crippen LogP contribution in [0.5, 0.6) is 5.88 Å². The van der Waals surface area contributed by atoms with Crippen molar-refractivity contribution in [1.82, 2.24) is 15.3 Å². The molecule has 0 aliphatic carbocycles. The van der Waals surface area contributed by atoms with E-state index in [4.69, 9.17) is 17.0 Å². The van der Waals surface area contributed by atoms with E-state index in [1.165, 1.54) is 25.6 Å². The quantitative estimate of drug-likeness (QED) is 0.847. The lowest BCUT2D eigenvalue weighted by Crippen LogP contribution is -2.31. The molecule has 1 aromatic carbocycles. The molecule has 5 nitrogen and oxygen atoms in total. The first-order chi connectivity index (χ1) is 10.1. The van der Waals surface area contributed by atoms with Crippen molar-refractivity contribution >= 4 is 23.1 Å². The number of hydrogen-bond acceptors (Lipinski definition) is 4. The fraction of sp³-hybridized carbons (Fsp3) is 0.214. The molecule has 0 aliphatic heterocycles. The normalized spacial score (nSPS) is 11.6. The second kappa shape index (κ2) is 6.94. The summed E-state index contributed by atoms with van der Waals surface area (Å²) in [5.74, 6) is 0.715. The van der Waals surface area contributed by atoms with Gasteiger partial charge in [0.05, 0.1) is 13.2 Å². The number of rotatable bonds is 4. The van der Waals surface area contributed by atoms with Crippen LogP contribution in [0.2, 0.25) is 0 Å². The SMILES string of the molecule is COc1cc(NC(=S)N[C@H](C)c2ccc(F)cc2)ncn1. The Labute approximate surface area is 127 Å². The van der Waals surface area contributed by atoms with E-state index in [-0.39, 0.29) is 11.9 Å². The molecule has 2 aromatic rings. The zero-order valence-electron chi connectivity index (χ0n) is 11.6. The molecule has 0 saturated carbocycles. The Bertz CT molecular complexity index is 621. The molecule has 110 valence electrons. The van der Waals surface area contributed by atoms with Crippen molar-refractivity contribution in [3.63, 3.8) is 0 Å². The van der Waals surface area contributed by atoms with Crippen molar-refractivity contribution in [2.24, 2.45) is 0 Å². The number of aromatic nitrogens is 2. The number of ether oxygens (including phenoxy) is 1. The molecule has 0 unspecified atom stereocenters. The first kappa shape index (κ1) is 15.1. The number of thiocarbonyl (C=S) groups is 1. The molecule has 0 radical (unpaired) electrons. The van der Waals surface area contributed by atoms with Gasteiger partial charge in [-0.25, -0.2) is 14.4 Å². The number of nitrogens with one attached hydrogen (secondary N) is 2. The van der Waals surface area contributed by atoms with Gasteiger partial charge in [-0.15, -0.1) is 0 Å². The molecule has 2 N–H and O–H groups in total. The van der Waals surface area contributed by atoms with Gasteiger partial charge in [-0.1, -0.05) is 12.1 Å². The van der Waals surface area contributed by atoms with Crippen LogP contribution in [0.3, 0.4) is 0 Å². The van der Waals surface area contributed by atoms with Crippen LogP contribution in [-0.2, 0) is 0 Å². The second-order valence-corrected chi connectivity index (χ2v) is 4.73. The van der Waals surface area contributed by atoms with E-state index in [2.05, 4.69) is 20.6 Å². The van der Waals surface area contributed by atoms with Crippen molar-refractivity contribution in [2.75, 3.05) is 12.4 Å². The van der Waals surface area contributed by atoms with Gasteiger partial charge < -0.3 is 15.4 Å². The smallest absolute Gasteiger partial charge is 0.218 e. The Morgan fingerprint density at radius 2 is 2.00 bits per heavy atom. The standard InChI is InChI=1S/C14H15FN4OS/c1-9(10-3-5-11(15)6-4-10)18-14(21)19-12-7-13(20-2)17-8-16-12/h3-9H,1-2H3,(H2,16,17,18,19,21)/t9-/m1/s1. The summed E-state index contributed by atoms with van der Waals surface area (Å²) >= 11 is 5.22. The number of benzene rings is 1. The van der Waals surface area contributed by atoms with E-state index in [1.54, 1.807) is 18.2 Å². The van der Waals surface area contributed by atoms with Crippen molar-refractivity contribution in [3.05, 3.63) is 48.0 Å². The topological polar surface area (TPSA) is 59.1 Å². The van der Waals surface area contributed by atoms with Gasteiger partial charge in [0.2, 0.25) is 5.88 Å². The number of halogens is 1. The van der Waals surface area contributed by atoms with E-state index in [0.29, 0.717) is 16.8 Å². The van der Waals surface area contributed by atoms with Crippen molar-refractivity contribution in [2.45, 2.75) is 13.0 Å². The Kier molecular flexibility index (Phi) is 4.99. The van der Waals surface area contributed by atoms with Crippen LogP contribution in [0, 0.1) is 5.82 Å². The van der Waals surface area contributed by atoms with Gasteiger partial charge in [-0.2, -0.15) is 0 Å². The highest BCUT2D eigenvalue weighted by molar-refractivity contribution is 7.80. The van der Waals surface area contributed by atoms with Crippen LogP contribution in [0.1, 0.15) is 18.5 Å². The van der Waals surface area contributed by atoms with Gasteiger partial charge in [0.1, 0.15) is 18.0 Å². The fourth-order valence-corrected chi connectivity index (χ4v) is 1.98. The number of anilines is 1. The van der Waals surface area contributed by atoms with Gasteiger partial charge in [0.25, 0.3) is 0 Å². The fourth-order valence-electron chi connectivity index (χ4n) is 1.70. The highest BCUT2D eigenvalue weighted by Gasteiger charge is 2.08. The molecule has 0 amide bonds. The van der Waals surface area contributed by atoms with E-state index in [9.17, 15) is 4.39 Å². The van der Waals surface area contributed by atoms with E-state index in [1.807, 2.05) is 6.92 Å². The van der Waals surface area contributed by atoms with Crippen molar-refractivity contribution < 1.29 is 9.13 Å². The van der Waals surface area contributed by atoms with Crippen LogP contribution in [0.25, 0.3) is 0 Å².